The smallest absolute Gasteiger partial charge is 0.122 e. The lowest BCUT2D eigenvalue weighted by molar-refractivity contribution is 0.403. The number of ether oxygens (including phenoxy) is 1. The number of benzene rings is 1. The average Bonchev–Trinajstić information content (AvgIpc) is 2.90. The molecule has 0 saturated carbocycles. The Labute approximate surface area is 120 Å². The number of methoxy groups -OCH3 is 1. The SMILES string of the molecule is CCCNC(Cc1ccccc1OC)c1cnnn1C. The molecule has 2 aromatic rings. The number of hydrogen-bond acceptors (Lipinski definition) is 4. The van der Waals surface area contributed by atoms with E-state index in [2.05, 4.69) is 28.6 Å². The quantitative estimate of drug-likeness (QED) is 0.840. The van der Waals surface area contributed by atoms with Crippen molar-refractivity contribution in [2.24, 2.45) is 7.05 Å². The zero-order chi connectivity index (χ0) is 14.4. The summed E-state index contributed by atoms with van der Waals surface area (Å²) in [6, 6.07) is 8.31. The van der Waals surface area contributed by atoms with Crippen molar-refractivity contribution in [3.63, 3.8) is 0 Å². The summed E-state index contributed by atoms with van der Waals surface area (Å²) < 4.78 is 7.25. The number of para-hydroxylation sites is 1. The van der Waals surface area contributed by atoms with Gasteiger partial charge >= 0.3 is 0 Å². The number of nitrogens with zero attached hydrogens (tertiary/aromatic N) is 3. The first-order valence-corrected chi connectivity index (χ1v) is 6.96. The monoisotopic (exact) mass is 274 g/mol. The maximum atomic E-state index is 5.43. The van der Waals surface area contributed by atoms with Crippen LogP contribution in [0.1, 0.15) is 30.6 Å². The molecule has 1 unspecified atom stereocenters. The Morgan fingerprint density at radius 1 is 1.35 bits per heavy atom. The summed E-state index contributed by atoms with van der Waals surface area (Å²) in [4.78, 5) is 0. The fourth-order valence-corrected chi connectivity index (χ4v) is 2.30. The molecule has 20 heavy (non-hydrogen) atoms. The first-order chi connectivity index (χ1) is 9.76. The highest BCUT2D eigenvalue weighted by Gasteiger charge is 2.17. The van der Waals surface area contributed by atoms with Crippen LogP contribution in [-0.2, 0) is 13.5 Å². The van der Waals surface area contributed by atoms with Crippen LogP contribution in [0, 0.1) is 0 Å². The van der Waals surface area contributed by atoms with Crippen LogP contribution in [0.5, 0.6) is 5.75 Å². The molecule has 1 aromatic carbocycles. The van der Waals surface area contributed by atoms with Crippen LogP contribution in [0.25, 0.3) is 0 Å². The van der Waals surface area contributed by atoms with E-state index in [4.69, 9.17) is 4.74 Å². The van der Waals surface area contributed by atoms with Gasteiger partial charge in [0.15, 0.2) is 0 Å². The van der Waals surface area contributed by atoms with Gasteiger partial charge in [0.25, 0.3) is 0 Å². The van der Waals surface area contributed by atoms with Crippen LogP contribution in [0.4, 0.5) is 0 Å². The summed E-state index contributed by atoms with van der Waals surface area (Å²) in [6.45, 7) is 3.12. The minimum absolute atomic E-state index is 0.186. The van der Waals surface area contributed by atoms with Gasteiger partial charge in [-0.3, -0.25) is 4.68 Å². The van der Waals surface area contributed by atoms with Crippen molar-refractivity contribution in [3.05, 3.63) is 41.7 Å². The molecule has 0 aliphatic heterocycles. The van der Waals surface area contributed by atoms with Crippen LogP contribution in [0.2, 0.25) is 0 Å². The first-order valence-electron chi connectivity index (χ1n) is 6.96. The van der Waals surface area contributed by atoms with Gasteiger partial charge in [0, 0.05) is 7.05 Å². The topological polar surface area (TPSA) is 52.0 Å². The molecular formula is C15H22N4O. The summed E-state index contributed by atoms with van der Waals surface area (Å²) in [7, 11) is 3.63. The molecule has 1 heterocycles. The average molecular weight is 274 g/mol. The second-order valence-corrected chi connectivity index (χ2v) is 4.81. The van der Waals surface area contributed by atoms with Crippen LogP contribution < -0.4 is 10.1 Å². The maximum absolute atomic E-state index is 5.43. The van der Waals surface area contributed by atoms with Crippen molar-refractivity contribution in [1.29, 1.82) is 0 Å². The molecule has 0 aliphatic rings. The normalized spacial score (nSPS) is 12.3. The molecule has 108 valence electrons. The lowest BCUT2D eigenvalue weighted by Crippen LogP contribution is -2.26. The largest absolute Gasteiger partial charge is 0.496 e. The number of hydrogen-bond donors (Lipinski definition) is 1. The molecule has 0 radical (unpaired) electrons. The predicted octanol–water partition coefficient (Wildman–Crippen LogP) is 2.11. The van der Waals surface area contributed by atoms with Gasteiger partial charge in [0.05, 0.1) is 25.0 Å². The van der Waals surface area contributed by atoms with E-state index in [1.165, 1.54) is 5.56 Å². The van der Waals surface area contributed by atoms with Crippen molar-refractivity contribution >= 4 is 0 Å². The van der Waals surface area contributed by atoms with Crippen LogP contribution in [0.3, 0.4) is 0 Å². The minimum Gasteiger partial charge on any atom is -0.496 e. The molecule has 0 fully saturated rings. The number of rotatable bonds is 7. The van der Waals surface area contributed by atoms with Gasteiger partial charge < -0.3 is 10.1 Å². The van der Waals surface area contributed by atoms with E-state index in [-0.39, 0.29) is 6.04 Å². The molecular weight excluding hydrogens is 252 g/mol. The predicted molar refractivity (Wildman–Crippen MR) is 78.7 cm³/mol. The molecule has 1 atom stereocenters. The van der Waals surface area contributed by atoms with Crippen molar-refractivity contribution in [2.45, 2.75) is 25.8 Å². The molecule has 0 amide bonds. The molecule has 0 bridgehead atoms. The standard InChI is InChI=1S/C15H22N4O/c1-4-9-16-13(14-11-17-18-19(14)2)10-12-7-5-6-8-15(12)20-3/h5-8,11,13,16H,4,9-10H2,1-3H3. The van der Waals surface area contributed by atoms with E-state index in [1.54, 1.807) is 7.11 Å². The van der Waals surface area contributed by atoms with Gasteiger partial charge in [-0.25, -0.2) is 0 Å². The third-order valence-corrected chi connectivity index (χ3v) is 3.36. The fourth-order valence-electron chi connectivity index (χ4n) is 2.30. The van der Waals surface area contributed by atoms with Crippen molar-refractivity contribution in [1.82, 2.24) is 20.3 Å². The molecule has 0 spiro atoms. The van der Waals surface area contributed by atoms with E-state index in [0.29, 0.717) is 0 Å². The van der Waals surface area contributed by atoms with Gasteiger partial charge in [-0.2, -0.15) is 0 Å². The van der Waals surface area contributed by atoms with E-state index in [1.807, 2.05) is 36.1 Å². The van der Waals surface area contributed by atoms with Crippen LogP contribution in [0.15, 0.2) is 30.5 Å². The lowest BCUT2D eigenvalue weighted by atomic mass is 10.0. The van der Waals surface area contributed by atoms with Crippen molar-refractivity contribution < 1.29 is 4.74 Å². The molecule has 1 aromatic heterocycles. The summed E-state index contributed by atoms with van der Waals surface area (Å²) in [5.41, 5.74) is 2.27. The Morgan fingerprint density at radius 2 is 2.15 bits per heavy atom. The highest BCUT2D eigenvalue weighted by atomic mass is 16.5. The van der Waals surface area contributed by atoms with E-state index in [0.717, 1.165) is 30.8 Å². The second-order valence-electron chi connectivity index (χ2n) is 4.81. The summed E-state index contributed by atoms with van der Waals surface area (Å²) >= 11 is 0. The second kappa shape index (κ2) is 7.05. The molecule has 2 rings (SSSR count). The minimum atomic E-state index is 0.186. The molecule has 0 saturated heterocycles. The Balaban J connectivity index is 2.21. The summed E-state index contributed by atoms with van der Waals surface area (Å²) in [5, 5.41) is 11.6. The Kier molecular flexibility index (Phi) is 5.12. The third-order valence-electron chi connectivity index (χ3n) is 3.36. The highest BCUT2D eigenvalue weighted by Crippen LogP contribution is 2.24. The lowest BCUT2D eigenvalue weighted by Gasteiger charge is -2.19. The van der Waals surface area contributed by atoms with Crippen molar-refractivity contribution in [2.75, 3.05) is 13.7 Å². The van der Waals surface area contributed by atoms with E-state index >= 15 is 0 Å². The van der Waals surface area contributed by atoms with Gasteiger partial charge in [0.2, 0.25) is 0 Å². The zero-order valence-electron chi connectivity index (χ0n) is 12.3. The van der Waals surface area contributed by atoms with Crippen LogP contribution >= 0.6 is 0 Å². The third kappa shape index (κ3) is 3.36. The molecule has 0 aliphatic carbocycles. The number of nitrogens with one attached hydrogen (secondary N) is 1. The van der Waals surface area contributed by atoms with Crippen molar-refractivity contribution in [3.8, 4) is 5.75 Å². The van der Waals surface area contributed by atoms with Gasteiger partial charge in [-0.1, -0.05) is 30.3 Å². The maximum Gasteiger partial charge on any atom is 0.122 e. The molecule has 5 heteroatoms. The van der Waals surface area contributed by atoms with E-state index in [9.17, 15) is 0 Å². The summed E-state index contributed by atoms with van der Waals surface area (Å²) in [5.74, 6) is 0.922. The zero-order valence-corrected chi connectivity index (χ0v) is 12.3. The Hall–Kier alpha value is -1.88. The first kappa shape index (κ1) is 14.5. The summed E-state index contributed by atoms with van der Waals surface area (Å²) in [6.07, 6.45) is 3.77. The number of aromatic nitrogens is 3. The Bertz CT molecular complexity index is 538. The van der Waals surface area contributed by atoms with Gasteiger partial charge in [0.1, 0.15) is 5.75 Å². The fraction of sp³-hybridized carbons (Fsp3) is 0.467. The van der Waals surface area contributed by atoms with Gasteiger partial charge in [-0.05, 0) is 31.0 Å². The van der Waals surface area contributed by atoms with E-state index < -0.39 is 0 Å². The molecule has 5 nitrogen and oxygen atoms in total. The Morgan fingerprint density at radius 3 is 2.80 bits per heavy atom. The highest BCUT2D eigenvalue weighted by molar-refractivity contribution is 5.34. The molecule has 1 N–H and O–H groups in total. The number of aryl methyl sites for hydroxylation is 1. The van der Waals surface area contributed by atoms with Gasteiger partial charge in [-0.15, -0.1) is 5.10 Å². The van der Waals surface area contributed by atoms with Crippen LogP contribution in [-0.4, -0.2) is 28.6 Å².